The van der Waals surface area contributed by atoms with Crippen LogP contribution in [0.2, 0.25) is 0 Å². The summed E-state index contributed by atoms with van der Waals surface area (Å²) in [5.74, 6) is 0.709. The van der Waals surface area contributed by atoms with Crippen molar-refractivity contribution in [1.29, 1.82) is 0 Å². The first kappa shape index (κ1) is 13.3. The van der Waals surface area contributed by atoms with Gasteiger partial charge >= 0.3 is 0 Å². The van der Waals surface area contributed by atoms with E-state index in [4.69, 9.17) is 4.74 Å². The zero-order valence-corrected chi connectivity index (χ0v) is 11.7. The third-order valence-electron chi connectivity index (χ3n) is 2.24. The molecule has 0 radical (unpaired) electrons. The van der Waals surface area contributed by atoms with Crippen molar-refractivity contribution in [3.63, 3.8) is 0 Å². The van der Waals surface area contributed by atoms with Crippen molar-refractivity contribution in [1.82, 2.24) is 5.32 Å². The lowest BCUT2D eigenvalue weighted by Crippen LogP contribution is -2.25. The van der Waals surface area contributed by atoms with Crippen LogP contribution in [-0.4, -0.2) is 19.6 Å². The van der Waals surface area contributed by atoms with Gasteiger partial charge in [-0.1, -0.05) is 19.4 Å². The van der Waals surface area contributed by atoms with Gasteiger partial charge in [0, 0.05) is 6.54 Å². The Morgan fingerprint density at radius 3 is 2.88 bits per heavy atom. The van der Waals surface area contributed by atoms with Crippen LogP contribution in [0, 0.1) is 3.57 Å². The number of unbranched alkanes of at least 4 members (excludes halogenated alkanes) is 1. The van der Waals surface area contributed by atoms with Gasteiger partial charge in [0.2, 0.25) is 0 Å². The number of rotatable bonds is 5. The smallest absolute Gasteiger partial charge is 0.252 e. The molecule has 0 aliphatic rings. The maximum atomic E-state index is 11.8. The zero-order valence-electron chi connectivity index (χ0n) is 9.55. The van der Waals surface area contributed by atoms with Crippen LogP contribution in [0.1, 0.15) is 30.1 Å². The monoisotopic (exact) mass is 333 g/mol. The van der Waals surface area contributed by atoms with Crippen LogP contribution >= 0.6 is 22.6 Å². The van der Waals surface area contributed by atoms with Gasteiger partial charge in [-0.15, -0.1) is 0 Å². The molecule has 1 aromatic carbocycles. The number of benzene rings is 1. The molecule has 88 valence electrons. The number of carbonyl (C=O) groups excluding carboxylic acids is 1. The van der Waals surface area contributed by atoms with E-state index in [0.29, 0.717) is 5.56 Å². The van der Waals surface area contributed by atoms with E-state index in [2.05, 4.69) is 34.8 Å². The maximum Gasteiger partial charge on any atom is 0.252 e. The van der Waals surface area contributed by atoms with Gasteiger partial charge in [0.05, 0.1) is 16.2 Å². The summed E-state index contributed by atoms with van der Waals surface area (Å²) in [7, 11) is 1.61. The Bertz CT molecular complexity index is 366. The minimum absolute atomic E-state index is 0.0308. The first-order valence-corrected chi connectivity index (χ1v) is 6.39. The van der Waals surface area contributed by atoms with Crippen LogP contribution in [-0.2, 0) is 0 Å². The summed E-state index contributed by atoms with van der Waals surface area (Å²) in [6.45, 7) is 2.82. The number of methoxy groups -OCH3 is 1. The van der Waals surface area contributed by atoms with Gasteiger partial charge in [0.1, 0.15) is 5.75 Å². The van der Waals surface area contributed by atoms with Crippen LogP contribution in [0.3, 0.4) is 0 Å². The van der Waals surface area contributed by atoms with Crippen LogP contribution in [0.5, 0.6) is 5.75 Å². The molecule has 1 aromatic rings. The van der Waals surface area contributed by atoms with E-state index in [-0.39, 0.29) is 5.91 Å². The van der Waals surface area contributed by atoms with Gasteiger partial charge in [-0.25, -0.2) is 0 Å². The fraction of sp³-hybridized carbons (Fsp3) is 0.417. The lowest BCUT2D eigenvalue weighted by Gasteiger charge is -2.09. The fourth-order valence-corrected chi connectivity index (χ4v) is 2.14. The number of nitrogens with one attached hydrogen (secondary N) is 1. The van der Waals surface area contributed by atoms with Gasteiger partial charge in [-0.3, -0.25) is 4.79 Å². The largest absolute Gasteiger partial charge is 0.496 e. The first-order chi connectivity index (χ1) is 7.70. The first-order valence-electron chi connectivity index (χ1n) is 5.31. The van der Waals surface area contributed by atoms with Crippen molar-refractivity contribution in [3.8, 4) is 5.75 Å². The third kappa shape index (κ3) is 3.37. The second kappa shape index (κ2) is 6.73. The highest BCUT2D eigenvalue weighted by Gasteiger charge is 2.12. The zero-order chi connectivity index (χ0) is 12.0. The Balaban J connectivity index is 2.75. The molecule has 1 N–H and O–H groups in total. The Morgan fingerprint density at radius 1 is 1.50 bits per heavy atom. The second-order valence-corrected chi connectivity index (χ2v) is 4.51. The minimum atomic E-state index is -0.0308. The normalized spacial score (nSPS) is 9.94. The van der Waals surface area contributed by atoms with Crippen molar-refractivity contribution < 1.29 is 9.53 Å². The fourth-order valence-electron chi connectivity index (χ4n) is 1.32. The summed E-state index contributed by atoms with van der Waals surface area (Å²) in [5.41, 5.74) is 0.677. The molecule has 0 bridgehead atoms. The SMILES string of the molecule is CCCCNC(=O)c1cccc(OC)c1I. The van der Waals surface area contributed by atoms with E-state index in [1.54, 1.807) is 7.11 Å². The summed E-state index contributed by atoms with van der Waals surface area (Å²) in [6, 6.07) is 5.49. The molecular weight excluding hydrogens is 317 g/mol. The van der Waals surface area contributed by atoms with Crippen LogP contribution in [0.15, 0.2) is 18.2 Å². The molecule has 3 nitrogen and oxygen atoms in total. The second-order valence-electron chi connectivity index (χ2n) is 3.43. The number of hydrogen-bond acceptors (Lipinski definition) is 2. The van der Waals surface area contributed by atoms with Gasteiger partial charge < -0.3 is 10.1 Å². The highest BCUT2D eigenvalue weighted by atomic mass is 127. The molecule has 0 saturated heterocycles. The minimum Gasteiger partial charge on any atom is -0.496 e. The quantitative estimate of drug-likeness (QED) is 0.665. The third-order valence-corrected chi connectivity index (χ3v) is 3.36. The highest BCUT2D eigenvalue weighted by Crippen LogP contribution is 2.23. The predicted octanol–water partition coefficient (Wildman–Crippen LogP) is 2.83. The molecule has 0 aliphatic heterocycles. The molecule has 0 saturated carbocycles. The summed E-state index contributed by atoms with van der Waals surface area (Å²) in [4.78, 5) is 11.8. The molecule has 1 amide bonds. The highest BCUT2D eigenvalue weighted by molar-refractivity contribution is 14.1. The number of carbonyl (C=O) groups is 1. The van der Waals surface area contributed by atoms with Gasteiger partial charge in [-0.2, -0.15) is 0 Å². The summed E-state index contributed by atoms with van der Waals surface area (Å²) < 4.78 is 6.03. The van der Waals surface area contributed by atoms with Crippen molar-refractivity contribution in [2.45, 2.75) is 19.8 Å². The topological polar surface area (TPSA) is 38.3 Å². The standard InChI is InChI=1S/C12H16INO2/c1-3-4-8-14-12(15)9-6-5-7-10(16-2)11(9)13/h5-7H,3-4,8H2,1-2H3,(H,14,15). The van der Waals surface area contributed by atoms with Gasteiger partial charge in [0.25, 0.3) is 5.91 Å². The van der Waals surface area contributed by atoms with Crippen molar-refractivity contribution in [3.05, 3.63) is 27.3 Å². The lowest BCUT2D eigenvalue weighted by molar-refractivity contribution is 0.0952. The molecule has 0 aliphatic carbocycles. The van der Waals surface area contributed by atoms with E-state index >= 15 is 0 Å². The Kier molecular flexibility index (Phi) is 5.59. The molecule has 0 unspecified atom stereocenters. The maximum absolute atomic E-state index is 11.8. The predicted molar refractivity (Wildman–Crippen MR) is 73.0 cm³/mol. The molecule has 0 aromatic heterocycles. The van der Waals surface area contributed by atoms with Gasteiger partial charge in [0.15, 0.2) is 0 Å². The van der Waals surface area contributed by atoms with Crippen LogP contribution in [0.25, 0.3) is 0 Å². The molecule has 0 fully saturated rings. The molecule has 0 spiro atoms. The summed E-state index contributed by atoms with van der Waals surface area (Å²) >= 11 is 2.13. The van der Waals surface area contributed by atoms with Crippen LogP contribution in [0.4, 0.5) is 0 Å². The average Bonchev–Trinajstić information content (AvgIpc) is 2.29. The molecule has 1 rings (SSSR count). The molecular formula is C12H16INO2. The Hall–Kier alpha value is -0.780. The van der Waals surface area contributed by atoms with E-state index in [9.17, 15) is 4.79 Å². The Labute approximate surface area is 110 Å². The molecule has 0 atom stereocenters. The molecule has 4 heteroatoms. The van der Waals surface area contributed by atoms with Crippen molar-refractivity contribution in [2.75, 3.05) is 13.7 Å². The van der Waals surface area contributed by atoms with E-state index in [1.807, 2.05) is 18.2 Å². The number of hydrogen-bond donors (Lipinski definition) is 1. The van der Waals surface area contributed by atoms with Gasteiger partial charge in [-0.05, 0) is 41.1 Å². The Morgan fingerprint density at radius 2 is 2.25 bits per heavy atom. The number of halogens is 1. The van der Waals surface area contributed by atoms with Crippen molar-refractivity contribution in [2.24, 2.45) is 0 Å². The van der Waals surface area contributed by atoms with Crippen LogP contribution < -0.4 is 10.1 Å². The lowest BCUT2D eigenvalue weighted by atomic mass is 10.2. The van der Waals surface area contributed by atoms with Crippen molar-refractivity contribution >= 4 is 28.5 Å². The molecule has 16 heavy (non-hydrogen) atoms. The molecule has 0 heterocycles. The summed E-state index contributed by atoms with van der Waals surface area (Å²) in [5, 5.41) is 2.89. The number of ether oxygens (including phenoxy) is 1. The van der Waals surface area contributed by atoms with E-state index < -0.39 is 0 Å². The van der Waals surface area contributed by atoms with E-state index in [0.717, 1.165) is 28.7 Å². The average molecular weight is 333 g/mol. The number of amides is 1. The summed E-state index contributed by atoms with van der Waals surface area (Å²) in [6.07, 6.45) is 2.09. The van der Waals surface area contributed by atoms with E-state index in [1.165, 1.54) is 0 Å².